The van der Waals surface area contributed by atoms with E-state index in [1.807, 2.05) is 0 Å². The van der Waals surface area contributed by atoms with Gasteiger partial charge in [-0.05, 0) is 26.3 Å². The molecule has 1 fully saturated rings. The van der Waals surface area contributed by atoms with Crippen molar-refractivity contribution in [3.05, 3.63) is 34.4 Å². The maximum absolute atomic E-state index is 11.9. The molecule has 8 nitrogen and oxygen atoms in total. The van der Waals surface area contributed by atoms with Crippen molar-refractivity contribution in [3.8, 4) is 0 Å². The standard InChI is InChI=1S/C18H28N4O4/c1-14-12-21(13-15(2)26-14)11-5-9-20-18(23)8-10-19-16-6-3-4-7-17(16)22(24)25/h3-4,6-7,14-15,19H,5,8-13H2,1-2H3,(H,20,23). The summed E-state index contributed by atoms with van der Waals surface area (Å²) >= 11 is 0. The number of anilines is 1. The van der Waals surface area contributed by atoms with Gasteiger partial charge in [-0.25, -0.2) is 0 Å². The summed E-state index contributed by atoms with van der Waals surface area (Å²) in [7, 11) is 0. The zero-order valence-electron chi connectivity index (χ0n) is 15.4. The maximum atomic E-state index is 11.9. The van der Waals surface area contributed by atoms with E-state index in [0.717, 1.165) is 26.1 Å². The van der Waals surface area contributed by atoms with Crippen LogP contribution in [0.15, 0.2) is 24.3 Å². The molecule has 1 aromatic carbocycles. The zero-order chi connectivity index (χ0) is 18.9. The summed E-state index contributed by atoms with van der Waals surface area (Å²) in [6.07, 6.45) is 1.67. The van der Waals surface area contributed by atoms with Crippen LogP contribution in [0, 0.1) is 10.1 Å². The van der Waals surface area contributed by atoms with Crippen molar-refractivity contribution in [3.63, 3.8) is 0 Å². The van der Waals surface area contributed by atoms with Gasteiger partial charge in [0.05, 0.1) is 17.1 Å². The fourth-order valence-electron chi connectivity index (χ4n) is 3.18. The number of benzene rings is 1. The van der Waals surface area contributed by atoms with Crippen molar-refractivity contribution in [2.75, 3.05) is 38.0 Å². The van der Waals surface area contributed by atoms with Crippen LogP contribution in [0.1, 0.15) is 26.7 Å². The van der Waals surface area contributed by atoms with Crippen molar-refractivity contribution in [1.82, 2.24) is 10.2 Å². The smallest absolute Gasteiger partial charge is 0.292 e. The second-order valence-electron chi connectivity index (χ2n) is 6.67. The number of nitrogens with zero attached hydrogens (tertiary/aromatic N) is 2. The number of morpholine rings is 1. The Kier molecular flexibility index (Phi) is 7.80. The minimum atomic E-state index is -0.435. The Morgan fingerprint density at radius 2 is 1.96 bits per heavy atom. The van der Waals surface area contributed by atoms with Crippen LogP contribution in [-0.4, -0.2) is 60.7 Å². The number of carbonyl (C=O) groups excluding carboxylic acids is 1. The van der Waals surface area contributed by atoms with Gasteiger partial charge >= 0.3 is 0 Å². The quantitative estimate of drug-likeness (QED) is 0.395. The van der Waals surface area contributed by atoms with E-state index in [9.17, 15) is 14.9 Å². The van der Waals surface area contributed by atoms with Crippen LogP contribution < -0.4 is 10.6 Å². The second-order valence-corrected chi connectivity index (χ2v) is 6.67. The van der Waals surface area contributed by atoms with E-state index in [1.54, 1.807) is 18.2 Å². The molecule has 0 aliphatic carbocycles. The predicted molar refractivity (Wildman–Crippen MR) is 100 cm³/mol. The van der Waals surface area contributed by atoms with E-state index in [2.05, 4.69) is 29.4 Å². The fraction of sp³-hybridized carbons (Fsp3) is 0.611. The topological polar surface area (TPSA) is 96.7 Å². The lowest BCUT2D eigenvalue weighted by atomic mass is 10.2. The Bertz CT molecular complexity index is 601. The molecule has 2 rings (SSSR count). The van der Waals surface area contributed by atoms with E-state index in [4.69, 9.17) is 4.74 Å². The molecule has 0 bridgehead atoms. The summed E-state index contributed by atoms with van der Waals surface area (Å²) in [6, 6.07) is 6.42. The number of para-hydroxylation sites is 2. The van der Waals surface area contributed by atoms with Crippen LogP contribution in [0.5, 0.6) is 0 Å². The molecule has 0 radical (unpaired) electrons. The van der Waals surface area contributed by atoms with E-state index in [1.165, 1.54) is 6.07 Å². The van der Waals surface area contributed by atoms with E-state index < -0.39 is 4.92 Å². The fourth-order valence-corrected chi connectivity index (χ4v) is 3.18. The molecule has 1 aromatic rings. The highest BCUT2D eigenvalue weighted by molar-refractivity contribution is 5.76. The lowest BCUT2D eigenvalue weighted by Gasteiger charge is -2.35. The first kappa shape index (κ1) is 20.1. The van der Waals surface area contributed by atoms with Gasteiger partial charge in [0.1, 0.15) is 5.69 Å². The highest BCUT2D eigenvalue weighted by atomic mass is 16.6. The molecule has 0 saturated carbocycles. The molecular formula is C18H28N4O4. The first-order valence-electron chi connectivity index (χ1n) is 9.07. The summed E-state index contributed by atoms with van der Waals surface area (Å²) < 4.78 is 5.70. The monoisotopic (exact) mass is 364 g/mol. The van der Waals surface area contributed by atoms with Crippen molar-refractivity contribution in [1.29, 1.82) is 0 Å². The normalized spacial score (nSPS) is 20.5. The van der Waals surface area contributed by atoms with Crippen molar-refractivity contribution in [2.45, 2.75) is 38.9 Å². The van der Waals surface area contributed by atoms with Gasteiger partial charge in [-0.1, -0.05) is 12.1 Å². The molecule has 2 atom stereocenters. The minimum absolute atomic E-state index is 0.0156. The molecule has 0 spiro atoms. The van der Waals surface area contributed by atoms with Crippen LogP contribution in [0.2, 0.25) is 0 Å². The molecule has 1 saturated heterocycles. The van der Waals surface area contributed by atoms with Crippen molar-refractivity contribution >= 4 is 17.3 Å². The Morgan fingerprint density at radius 1 is 1.27 bits per heavy atom. The van der Waals surface area contributed by atoms with Crippen molar-refractivity contribution < 1.29 is 14.5 Å². The lowest BCUT2D eigenvalue weighted by molar-refractivity contribution is -0.384. The summed E-state index contributed by atoms with van der Waals surface area (Å²) in [5.74, 6) is -0.0557. The third-order valence-electron chi connectivity index (χ3n) is 4.24. The number of hydrogen-bond donors (Lipinski definition) is 2. The van der Waals surface area contributed by atoms with Crippen LogP contribution in [-0.2, 0) is 9.53 Å². The van der Waals surface area contributed by atoms with E-state index >= 15 is 0 Å². The van der Waals surface area contributed by atoms with Crippen LogP contribution in [0.25, 0.3) is 0 Å². The van der Waals surface area contributed by atoms with Gasteiger partial charge in [0, 0.05) is 45.2 Å². The molecule has 2 unspecified atom stereocenters. The molecule has 1 amide bonds. The molecule has 144 valence electrons. The van der Waals surface area contributed by atoms with Gasteiger partial charge in [0.15, 0.2) is 0 Å². The molecule has 1 aliphatic heterocycles. The number of amides is 1. The van der Waals surface area contributed by atoms with Gasteiger partial charge < -0.3 is 15.4 Å². The highest BCUT2D eigenvalue weighted by Crippen LogP contribution is 2.22. The SMILES string of the molecule is CC1CN(CCCNC(=O)CCNc2ccccc2[N+](=O)[O-])CC(C)O1. The molecule has 2 N–H and O–H groups in total. The lowest BCUT2D eigenvalue weighted by Crippen LogP contribution is -2.46. The summed E-state index contributed by atoms with van der Waals surface area (Å²) in [4.78, 5) is 24.8. The third kappa shape index (κ3) is 6.61. The Hall–Kier alpha value is -2.19. The van der Waals surface area contributed by atoms with Gasteiger partial charge in [0.25, 0.3) is 5.69 Å². The molecule has 1 heterocycles. The zero-order valence-corrected chi connectivity index (χ0v) is 15.4. The number of hydrogen-bond acceptors (Lipinski definition) is 6. The van der Waals surface area contributed by atoms with Crippen molar-refractivity contribution in [2.24, 2.45) is 0 Å². The van der Waals surface area contributed by atoms with Crippen LogP contribution >= 0.6 is 0 Å². The van der Waals surface area contributed by atoms with Gasteiger partial charge in [-0.2, -0.15) is 0 Å². The largest absolute Gasteiger partial charge is 0.379 e. The van der Waals surface area contributed by atoms with Gasteiger partial charge in [-0.3, -0.25) is 19.8 Å². The highest BCUT2D eigenvalue weighted by Gasteiger charge is 2.21. The third-order valence-corrected chi connectivity index (χ3v) is 4.24. The number of nitro groups is 1. The molecule has 1 aliphatic rings. The average molecular weight is 364 g/mol. The van der Waals surface area contributed by atoms with E-state index in [0.29, 0.717) is 18.8 Å². The number of ether oxygens (including phenoxy) is 1. The van der Waals surface area contributed by atoms with Gasteiger partial charge in [0.2, 0.25) is 5.91 Å². The number of nitro benzene ring substituents is 1. The number of carbonyl (C=O) groups is 1. The van der Waals surface area contributed by atoms with Gasteiger partial charge in [-0.15, -0.1) is 0 Å². The van der Waals surface area contributed by atoms with Crippen LogP contribution in [0.3, 0.4) is 0 Å². The summed E-state index contributed by atoms with van der Waals surface area (Å²) in [5.41, 5.74) is 0.447. The molecule has 0 aromatic heterocycles. The Labute approximate surface area is 154 Å². The second kappa shape index (κ2) is 10.1. The van der Waals surface area contributed by atoms with Crippen LogP contribution in [0.4, 0.5) is 11.4 Å². The molecule has 8 heteroatoms. The number of rotatable bonds is 9. The maximum Gasteiger partial charge on any atom is 0.292 e. The minimum Gasteiger partial charge on any atom is -0.379 e. The first-order valence-corrected chi connectivity index (χ1v) is 9.07. The molecular weight excluding hydrogens is 336 g/mol. The average Bonchev–Trinajstić information content (AvgIpc) is 2.58. The Morgan fingerprint density at radius 3 is 2.65 bits per heavy atom. The Balaban J connectivity index is 1.60. The first-order chi connectivity index (χ1) is 12.5. The number of nitrogens with one attached hydrogen (secondary N) is 2. The predicted octanol–water partition coefficient (Wildman–Crippen LogP) is 2.01. The molecule has 26 heavy (non-hydrogen) atoms. The van der Waals surface area contributed by atoms with E-state index in [-0.39, 0.29) is 30.2 Å². The summed E-state index contributed by atoms with van der Waals surface area (Å²) in [5, 5.41) is 16.8. The summed E-state index contributed by atoms with van der Waals surface area (Å²) in [6.45, 7) is 7.94.